The third-order valence-corrected chi connectivity index (χ3v) is 5.43. The lowest BCUT2D eigenvalue weighted by atomic mass is 10.0. The smallest absolute Gasteiger partial charge is 0.186 e. The highest BCUT2D eigenvalue weighted by atomic mass is 32.1. The Morgan fingerprint density at radius 1 is 1.33 bits per heavy atom. The lowest BCUT2D eigenvalue weighted by Gasteiger charge is -2.21. The molecule has 0 spiro atoms. The van der Waals surface area contributed by atoms with Crippen molar-refractivity contribution in [1.82, 2.24) is 10.3 Å². The highest BCUT2D eigenvalue weighted by molar-refractivity contribution is 7.15. The second kappa shape index (κ2) is 8.14. The Morgan fingerprint density at radius 2 is 2.10 bits per heavy atom. The van der Waals surface area contributed by atoms with E-state index in [9.17, 15) is 0 Å². The third kappa shape index (κ3) is 4.43. The highest BCUT2D eigenvalue weighted by Gasteiger charge is 2.31. The molecule has 1 aromatic heterocycles. The van der Waals surface area contributed by atoms with Gasteiger partial charge in [-0.3, -0.25) is 0 Å². The van der Waals surface area contributed by atoms with E-state index in [1.807, 2.05) is 11.3 Å². The zero-order valence-corrected chi connectivity index (χ0v) is 14.9. The summed E-state index contributed by atoms with van der Waals surface area (Å²) in [7, 11) is 0. The number of thiazole rings is 1. The lowest BCUT2D eigenvalue weighted by molar-refractivity contribution is 0.672. The summed E-state index contributed by atoms with van der Waals surface area (Å²) in [5.41, 5.74) is 1.33. The van der Waals surface area contributed by atoms with Gasteiger partial charge in [0, 0.05) is 24.0 Å². The minimum Gasteiger partial charge on any atom is -0.345 e. The van der Waals surface area contributed by atoms with Gasteiger partial charge in [-0.25, -0.2) is 4.98 Å². The van der Waals surface area contributed by atoms with E-state index in [0.717, 1.165) is 19.1 Å². The van der Waals surface area contributed by atoms with Crippen molar-refractivity contribution in [1.29, 1.82) is 0 Å². The maximum absolute atomic E-state index is 5.05. The summed E-state index contributed by atoms with van der Waals surface area (Å²) in [6, 6.07) is 0.763. The Labute approximate surface area is 134 Å². The summed E-state index contributed by atoms with van der Waals surface area (Å²) in [5.74, 6) is 0.566. The maximum atomic E-state index is 5.05. The van der Waals surface area contributed by atoms with Crippen LogP contribution < -0.4 is 10.2 Å². The Hall–Kier alpha value is -0.610. The van der Waals surface area contributed by atoms with Gasteiger partial charge in [0.15, 0.2) is 5.13 Å². The quantitative estimate of drug-likeness (QED) is 0.688. The molecule has 2 rings (SSSR count). The van der Waals surface area contributed by atoms with Gasteiger partial charge in [-0.15, -0.1) is 11.3 Å². The Kier molecular flexibility index (Phi) is 6.49. The van der Waals surface area contributed by atoms with Crippen LogP contribution in [-0.2, 0) is 6.54 Å². The molecule has 1 unspecified atom stereocenters. The summed E-state index contributed by atoms with van der Waals surface area (Å²) in [5, 5.41) is 4.75. The topological polar surface area (TPSA) is 28.2 Å². The number of hydrogen-bond acceptors (Lipinski definition) is 4. The predicted molar refractivity (Wildman–Crippen MR) is 93.5 cm³/mol. The molecule has 1 aliphatic rings. The summed E-state index contributed by atoms with van der Waals surface area (Å²) < 4.78 is 0. The van der Waals surface area contributed by atoms with Crippen LogP contribution in [-0.4, -0.2) is 24.1 Å². The number of anilines is 1. The van der Waals surface area contributed by atoms with Crippen LogP contribution >= 0.6 is 11.3 Å². The van der Waals surface area contributed by atoms with Crippen molar-refractivity contribution in [2.45, 2.75) is 78.3 Å². The van der Waals surface area contributed by atoms with E-state index in [-0.39, 0.29) is 0 Å². The third-order valence-electron chi connectivity index (χ3n) is 4.32. The molecule has 0 aromatic carbocycles. The molecule has 1 heterocycles. The summed E-state index contributed by atoms with van der Waals surface area (Å²) in [6.45, 7) is 12.2. The molecule has 21 heavy (non-hydrogen) atoms. The lowest BCUT2D eigenvalue weighted by Crippen LogP contribution is -2.26. The normalized spacial score (nSPS) is 16.2. The van der Waals surface area contributed by atoms with Crippen molar-refractivity contribution in [2.75, 3.05) is 18.0 Å². The van der Waals surface area contributed by atoms with Gasteiger partial charge in [0.25, 0.3) is 0 Å². The van der Waals surface area contributed by atoms with Crippen LogP contribution in [0.1, 0.15) is 76.3 Å². The first-order chi connectivity index (χ1) is 10.2. The second-order valence-corrected chi connectivity index (χ2v) is 7.23. The van der Waals surface area contributed by atoms with Crippen molar-refractivity contribution in [3.05, 3.63) is 10.6 Å². The number of nitrogens with one attached hydrogen (secondary N) is 1. The molecule has 0 radical (unpaired) electrons. The number of aromatic nitrogens is 1. The number of hydrogen-bond donors (Lipinski definition) is 1. The van der Waals surface area contributed by atoms with E-state index in [2.05, 4.69) is 37.9 Å². The molecule has 0 aliphatic heterocycles. The van der Waals surface area contributed by atoms with E-state index >= 15 is 0 Å². The standard InChI is InChI=1S/C17H31N3S/c1-5-8-11-20(14-9-10-14)17-19-16(13(4)6-2)15(21-17)12-18-7-3/h13-14,18H,5-12H2,1-4H3. The molecule has 0 amide bonds. The van der Waals surface area contributed by atoms with E-state index in [1.165, 1.54) is 54.4 Å². The molecule has 0 bridgehead atoms. The average molecular weight is 310 g/mol. The average Bonchev–Trinajstić information content (AvgIpc) is 3.24. The molecule has 1 aromatic rings. The van der Waals surface area contributed by atoms with Crippen LogP contribution in [0.4, 0.5) is 5.13 Å². The van der Waals surface area contributed by atoms with Gasteiger partial charge in [-0.1, -0.05) is 34.1 Å². The fourth-order valence-electron chi connectivity index (χ4n) is 2.57. The van der Waals surface area contributed by atoms with Crippen molar-refractivity contribution in [3.8, 4) is 0 Å². The van der Waals surface area contributed by atoms with E-state index in [4.69, 9.17) is 4.98 Å². The van der Waals surface area contributed by atoms with Gasteiger partial charge in [-0.2, -0.15) is 0 Å². The first-order valence-electron chi connectivity index (χ1n) is 8.68. The van der Waals surface area contributed by atoms with Gasteiger partial charge in [0.1, 0.15) is 0 Å². The van der Waals surface area contributed by atoms with Crippen LogP contribution in [0.15, 0.2) is 0 Å². The van der Waals surface area contributed by atoms with E-state index < -0.39 is 0 Å². The van der Waals surface area contributed by atoms with E-state index in [0.29, 0.717) is 5.92 Å². The van der Waals surface area contributed by atoms with Crippen molar-refractivity contribution < 1.29 is 0 Å². The van der Waals surface area contributed by atoms with Crippen LogP contribution in [0, 0.1) is 0 Å². The SMILES string of the molecule is CCCCN(c1nc(C(C)CC)c(CNCC)s1)C1CC1. The largest absolute Gasteiger partial charge is 0.345 e. The second-order valence-electron chi connectivity index (χ2n) is 6.17. The fraction of sp³-hybridized carbons (Fsp3) is 0.824. The minimum atomic E-state index is 0.566. The number of rotatable bonds is 10. The Balaban J connectivity index is 2.18. The molecule has 4 heteroatoms. The molecular weight excluding hydrogens is 278 g/mol. The first kappa shape index (κ1) is 16.8. The molecule has 1 N–H and O–H groups in total. The molecule has 1 saturated carbocycles. The Morgan fingerprint density at radius 3 is 2.67 bits per heavy atom. The van der Waals surface area contributed by atoms with Crippen LogP contribution in [0.25, 0.3) is 0 Å². The van der Waals surface area contributed by atoms with Crippen LogP contribution in [0.2, 0.25) is 0 Å². The van der Waals surface area contributed by atoms with Gasteiger partial charge < -0.3 is 10.2 Å². The maximum Gasteiger partial charge on any atom is 0.186 e. The Bertz CT molecular complexity index is 426. The van der Waals surface area contributed by atoms with Gasteiger partial charge in [0.2, 0.25) is 0 Å². The molecule has 3 nitrogen and oxygen atoms in total. The molecule has 1 atom stereocenters. The summed E-state index contributed by atoms with van der Waals surface area (Å²) in [4.78, 5) is 9.08. The summed E-state index contributed by atoms with van der Waals surface area (Å²) >= 11 is 1.92. The zero-order valence-electron chi connectivity index (χ0n) is 14.1. The predicted octanol–water partition coefficient (Wildman–Crippen LogP) is 4.54. The van der Waals surface area contributed by atoms with Crippen molar-refractivity contribution >= 4 is 16.5 Å². The number of unbranched alkanes of at least 4 members (excludes halogenated alkanes) is 1. The van der Waals surface area contributed by atoms with E-state index in [1.54, 1.807) is 0 Å². The molecule has 0 saturated heterocycles. The van der Waals surface area contributed by atoms with Gasteiger partial charge in [0.05, 0.1) is 5.69 Å². The first-order valence-corrected chi connectivity index (χ1v) is 9.49. The van der Waals surface area contributed by atoms with Crippen LogP contribution in [0.5, 0.6) is 0 Å². The van der Waals surface area contributed by atoms with Crippen LogP contribution in [0.3, 0.4) is 0 Å². The molecule has 1 aliphatic carbocycles. The summed E-state index contributed by atoms with van der Waals surface area (Å²) in [6.07, 6.45) is 6.41. The highest BCUT2D eigenvalue weighted by Crippen LogP contribution is 2.37. The molecular formula is C17H31N3S. The zero-order chi connectivity index (χ0) is 15.2. The van der Waals surface area contributed by atoms with Crippen molar-refractivity contribution in [2.24, 2.45) is 0 Å². The van der Waals surface area contributed by atoms with Gasteiger partial charge >= 0.3 is 0 Å². The molecule has 1 fully saturated rings. The fourth-order valence-corrected chi connectivity index (χ4v) is 3.81. The molecule has 120 valence electrons. The number of nitrogens with zero attached hydrogens (tertiary/aromatic N) is 2. The minimum absolute atomic E-state index is 0.566. The van der Waals surface area contributed by atoms with Crippen molar-refractivity contribution in [3.63, 3.8) is 0 Å². The monoisotopic (exact) mass is 309 g/mol. The van der Waals surface area contributed by atoms with Gasteiger partial charge in [-0.05, 0) is 38.1 Å².